The Morgan fingerprint density at radius 3 is 2.38 bits per heavy atom. The van der Waals surface area contributed by atoms with Gasteiger partial charge in [-0.1, -0.05) is 29.8 Å². The van der Waals surface area contributed by atoms with E-state index < -0.39 is 15.1 Å². The number of aryl methyl sites for hydroxylation is 1. The largest absolute Gasteiger partial charge is 0.489 e. The molecule has 0 bridgehead atoms. The van der Waals surface area contributed by atoms with Gasteiger partial charge in [0.05, 0.1) is 33.8 Å². The highest BCUT2D eigenvalue weighted by Gasteiger charge is 2.43. The molecule has 2 atom stereocenters. The number of rotatable bonds is 11. The molecule has 2 saturated carbocycles. The molecule has 3 aromatic rings. The molecule has 2 fully saturated rings. The van der Waals surface area contributed by atoms with Gasteiger partial charge in [-0.05, 0) is 127 Å². The molecule has 240 valence electrons. The van der Waals surface area contributed by atoms with Crippen LogP contribution in [0.25, 0.3) is 5.57 Å². The molecule has 0 amide bonds. The van der Waals surface area contributed by atoms with E-state index in [0.717, 1.165) is 35.3 Å². The number of hydrogen-bond acceptors (Lipinski definition) is 8. The lowest BCUT2D eigenvalue weighted by Crippen LogP contribution is -2.44. The minimum atomic E-state index is -3.54. The van der Waals surface area contributed by atoms with Crippen molar-refractivity contribution in [3.8, 4) is 5.75 Å². The van der Waals surface area contributed by atoms with Crippen molar-refractivity contribution in [2.75, 3.05) is 17.7 Å². The normalized spacial score (nSPS) is 20.8. The lowest BCUT2D eigenvalue weighted by molar-refractivity contribution is 0.160. The predicted molar refractivity (Wildman–Crippen MR) is 183 cm³/mol. The van der Waals surface area contributed by atoms with E-state index in [-0.39, 0.29) is 16.0 Å². The molecule has 3 aliphatic rings. The number of anilines is 4. The Morgan fingerprint density at radius 2 is 1.71 bits per heavy atom. The number of benzene rings is 2. The summed E-state index contributed by atoms with van der Waals surface area (Å²) in [4.78, 5) is 11.9. The number of aromatic nitrogens is 2. The summed E-state index contributed by atoms with van der Waals surface area (Å²) in [7, 11) is -1.21. The van der Waals surface area contributed by atoms with Crippen LogP contribution in [0.15, 0.2) is 53.6 Å². The molecule has 2 N–H and O–H groups in total. The van der Waals surface area contributed by atoms with E-state index in [1.54, 1.807) is 38.1 Å². The summed E-state index contributed by atoms with van der Waals surface area (Å²) in [6, 6.07) is 12.1. The molecule has 0 spiro atoms. The van der Waals surface area contributed by atoms with Crippen molar-refractivity contribution in [2.24, 2.45) is 11.8 Å². The highest BCUT2D eigenvalue weighted by Crippen LogP contribution is 2.48. The van der Waals surface area contributed by atoms with Crippen molar-refractivity contribution >= 4 is 50.2 Å². The second-order valence-electron chi connectivity index (χ2n) is 13.4. The van der Waals surface area contributed by atoms with Crippen molar-refractivity contribution in [1.29, 1.82) is 0 Å². The van der Waals surface area contributed by atoms with E-state index >= 15 is 0 Å². The third-order valence-electron chi connectivity index (χ3n) is 9.16. The van der Waals surface area contributed by atoms with Crippen LogP contribution in [0.2, 0.25) is 5.02 Å². The van der Waals surface area contributed by atoms with Crippen LogP contribution in [0.4, 0.5) is 23.1 Å². The number of para-hydroxylation sites is 1. The maximum atomic E-state index is 13.0. The van der Waals surface area contributed by atoms with Crippen LogP contribution in [0.3, 0.4) is 0 Å². The van der Waals surface area contributed by atoms with Crippen LogP contribution >= 0.6 is 11.6 Å². The first-order valence-electron chi connectivity index (χ1n) is 16.1. The Kier molecular flexibility index (Phi) is 8.89. The van der Waals surface area contributed by atoms with E-state index in [1.807, 2.05) is 13.8 Å². The smallest absolute Gasteiger partial charge is 0.229 e. The van der Waals surface area contributed by atoms with Gasteiger partial charge >= 0.3 is 0 Å². The highest BCUT2D eigenvalue weighted by atomic mass is 35.5. The molecule has 10 heteroatoms. The summed E-state index contributed by atoms with van der Waals surface area (Å²) in [6.07, 6.45) is 10.3. The summed E-state index contributed by atoms with van der Waals surface area (Å²) >= 11 is 6.50. The molecule has 1 aromatic heterocycles. The van der Waals surface area contributed by atoms with Crippen molar-refractivity contribution < 1.29 is 13.2 Å². The Labute approximate surface area is 272 Å². The van der Waals surface area contributed by atoms with E-state index in [1.165, 1.54) is 43.0 Å². The van der Waals surface area contributed by atoms with Crippen molar-refractivity contribution in [3.63, 3.8) is 0 Å². The Balaban J connectivity index is 1.31. The number of ether oxygens (including phenoxy) is 1. The maximum absolute atomic E-state index is 13.0. The molecule has 2 aliphatic carbocycles. The highest BCUT2D eigenvalue weighted by molar-refractivity contribution is 7.92. The molecule has 2 heterocycles. The third-order valence-corrected chi connectivity index (χ3v) is 11.6. The maximum Gasteiger partial charge on any atom is 0.229 e. The average Bonchev–Trinajstić information content (AvgIpc) is 3.90. The van der Waals surface area contributed by atoms with Gasteiger partial charge in [0, 0.05) is 12.1 Å². The minimum absolute atomic E-state index is 0.0335. The Morgan fingerprint density at radius 1 is 1.00 bits per heavy atom. The second kappa shape index (κ2) is 12.6. The molecular weight excluding hydrogens is 606 g/mol. The fourth-order valence-corrected chi connectivity index (χ4v) is 7.73. The van der Waals surface area contributed by atoms with Gasteiger partial charge in [0.25, 0.3) is 0 Å². The zero-order valence-electron chi connectivity index (χ0n) is 27.0. The summed E-state index contributed by atoms with van der Waals surface area (Å²) in [5.74, 6) is 2.91. The summed E-state index contributed by atoms with van der Waals surface area (Å²) in [5.41, 5.74) is 4.98. The van der Waals surface area contributed by atoms with E-state index in [4.69, 9.17) is 16.3 Å². The van der Waals surface area contributed by atoms with Gasteiger partial charge in [-0.3, -0.25) is 4.90 Å². The first-order valence-corrected chi connectivity index (χ1v) is 18.0. The van der Waals surface area contributed by atoms with Gasteiger partial charge in [0.15, 0.2) is 15.7 Å². The molecule has 2 aromatic carbocycles. The van der Waals surface area contributed by atoms with Crippen molar-refractivity contribution in [1.82, 2.24) is 14.9 Å². The standard InChI is InChI=1S/C35H44ClN5O3S/c1-20(2)44-32-18-26(25-16-30(23-11-12-23)41(6)31(17-25)24-13-14-24)22(5)15-29(32)39-35-37-19-27(36)34(40-35)38-28-9-7-8-10-33(28)45(42,43)21(3)4/h7-10,15-16,18-21,23-24,30-31H,11-14,17H2,1-6H3,(H2,37,38,39,40)/t30?,31-/m1/s1. The van der Waals surface area contributed by atoms with Crippen LogP contribution in [-0.2, 0) is 9.84 Å². The quantitative estimate of drug-likeness (QED) is 0.215. The van der Waals surface area contributed by atoms with Gasteiger partial charge in [0.2, 0.25) is 5.95 Å². The first-order chi connectivity index (χ1) is 21.4. The van der Waals surface area contributed by atoms with Gasteiger partial charge in [0.1, 0.15) is 10.8 Å². The zero-order chi connectivity index (χ0) is 32.0. The van der Waals surface area contributed by atoms with Gasteiger partial charge in [-0.2, -0.15) is 4.98 Å². The topological polar surface area (TPSA) is 96.5 Å². The molecule has 6 rings (SSSR count). The SMILES string of the molecule is Cc1cc(Nc2ncc(Cl)c(Nc3ccccc3S(=O)(=O)C(C)C)n2)c(OC(C)C)cc1C1=CC(C2CC2)N(C)[C@@H](C2CC2)C1. The van der Waals surface area contributed by atoms with Crippen LogP contribution in [-0.4, -0.2) is 53.8 Å². The molecular formula is C35H44ClN5O3S. The second-order valence-corrected chi connectivity index (χ2v) is 16.2. The van der Waals surface area contributed by atoms with Crippen LogP contribution in [0.5, 0.6) is 5.75 Å². The molecule has 0 radical (unpaired) electrons. The summed E-state index contributed by atoms with van der Waals surface area (Å²) < 4.78 is 32.4. The van der Waals surface area contributed by atoms with Gasteiger partial charge in [-0.15, -0.1) is 0 Å². The fraction of sp³-hybridized carbons (Fsp3) is 0.486. The van der Waals surface area contributed by atoms with Gasteiger partial charge < -0.3 is 15.4 Å². The van der Waals surface area contributed by atoms with Crippen LogP contribution < -0.4 is 15.4 Å². The number of hydrogen-bond donors (Lipinski definition) is 2. The Bertz CT molecular complexity index is 1720. The zero-order valence-corrected chi connectivity index (χ0v) is 28.5. The minimum Gasteiger partial charge on any atom is -0.489 e. The number of likely N-dealkylation sites (N-methyl/N-ethyl adjacent to an activating group) is 1. The monoisotopic (exact) mass is 649 g/mol. The van der Waals surface area contributed by atoms with Crippen LogP contribution in [0.1, 0.15) is 70.9 Å². The van der Waals surface area contributed by atoms with E-state index in [9.17, 15) is 8.42 Å². The molecule has 8 nitrogen and oxygen atoms in total. The average molecular weight is 650 g/mol. The number of nitrogens with zero attached hydrogens (tertiary/aromatic N) is 3. The van der Waals surface area contributed by atoms with Crippen molar-refractivity contribution in [2.45, 2.75) is 95.1 Å². The lowest BCUT2D eigenvalue weighted by atomic mass is 9.85. The van der Waals surface area contributed by atoms with Crippen LogP contribution in [0, 0.1) is 18.8 Å². The van der Waals surface area contributed by atoms with E-state index in [0.29, 0.717) is 29.5 Å². The molecule has 45 heavy (non-hydrogen) atoms. The number of halogens is 1. The fourth-order valence-electron chi connectivity index (χ4n) is 6.39. The first kappa shape index (κ1) is 31.8. The molecule has 1 unspecified atom stereocenters. The summed E-state index contributed by atoms with van der Waals surface area (Å²) in [5, 5.41) is 6.18. The predicted octanol–water partition coefficient (Wildman–Crippen LogP) is 8.17. The number of sulfone groups is 1. The van der Waals surface area contributed by atoms with Gasteiger partial charge in [-0.25, -0.2) is 13.4 Å². The molecule has 1 aliphatic heterocycles. The Hall–Kier alpha value is -3.14. The molecule has 0 saturated heterocycles. The number of nitrogens with one attached hydrogen (secondary N) is 2. The summed E-state index contributed by atoms with van der Waals surface area (Å²) in [6.45, 7) is 9.52. The van der Waals surface area contributed by atoms with E-state index in [2.05, 4.69) is 57.7 Å². The third kappa shape index (κ3) is 6.86. The van der Waals surface area contributed by atoms with Crippen molar-refractivity contribution in [3.05, 3.63) is 64.8 Å². The lowest BCUT2D eigenvalue weighted by Gasteiger charge is -2.39.